The second-order valence-corrected chi connectivity index (χ2v) is 8.88. The van der Waals surface area contributed by atoms with Crippen molar-refractivity contribution in [2.75, 3.05) is 0 Å². The second kappa shape index (κ2) is 12.0. The lowest BCUT2D eigenvalue weighted by Gasteiger charge is -2.12. The third kappa shape index (κ3) is 6.08. The maximum Gasteiger partial charge on any atom is 0.272 e. The van der Waals surface area contributed by atoms with Crippen molar-refractivity contribution in [2.24, 2.45) is 5.10 Å². The first-order chi connectivity index (χ1) is 19.1. The van der Waals surface area contributed by atoms with Crippen LogP contribution < -0.4 is 10.2 Å². The lowest BCUT2D eigenvalue weighted by molar-refractivity contribution is 0.0956. The molecule has 1 amide bonds. The highest BCUT2D eigenvalue weighted by atomic mass is 19.1. The molecule has 0 fully saturated rings. The number of carbonyl (C=O) groups is 1. The fourth-order valence-electron chi connectivity index (χ4n) is 4.25. The average molecular weight is 516 g/mol. The van der Waals surface area contributed by atoms with Gasteiger partial charge in [0.25, 0.3) is 5.91 Å². The monoisotopic (exact) mass is 515 g/mol. The topological polar surface area (TPSA) is 63.6 Å². The van der Waals surface area contributed by atoms with Crippen LogP contribution in [0.4, 0.5) is 4.39 Å². The van der Waals surface area contributed by atoms with Gasteiger partial charge in [-0.05, 0) is 53.9 Å². The van der Waals surface area contributed by atoms with Crippen molar-refractivity contribution >= 4 is 23.0 Å². The molecular weight excluding hydrogens is 489 g/mol. The van der Waals surface area contributed by atoms with Crippen molar-refractivity contribution < 1.29 is 13.9 Å². The zero-order valence-electron chi connectivity index (χ0n) is 21.2. The Kier molecular flexibility index (Phi) is 7.84. The zero-order valence-corrected chi connectivity index (χ0v) is 21.2. The van der Waals surface area contributed by atoms with Gasteiger partial charge in [0.2, 0.25) is 0 Å². The van der Waals surface area contributed by atoms with Gasteiger partial charge < -0.3 is 4.74 Å². The second-order valence-electron chi connectivity index (χ2n) is 8.88. The number of para-hydroxylation sites is 1. The Morgan fingerprint density at radius 3 is 2.51 bits per heavy atom. The van der Waals surface area contributed by atoms with Gasteiger partial charge >= 0.3 is 0 Å². The number of hydrogen-bond acceptors (Lipinski definition) is 4. The molecule has 39 heavy (non-hydrogen) atoms. The summed E-state index contributed by atoms with van der Waals surface area (Å²) in [7, 11) is 0. The van der Waals surface area contributed by atoms with Crippen LogP contribution in [0.5, 0.6) is 5.75 Å². The van der Waals surface area contributed by atoms with Gasteiger partial charge in [0.05, 0.1) is 23.0 Å². The largest absolute Gasteiger partial charge is 0.489 e. The summed E-state index contributed by atoms with van der Waals surface area (Å²) in [6, 6.07) is 31.1. The normalized spacial score (nSPS) is 11.0. The van der Waals surface area contributed by atoms with E-state index in [2.05, 4.69) is 17.1 Å². The van der Waals surface area contributed by atoms with Gasteiger partial charge in [-0.1, -0.05) is 72.8 Å². The Balaban J connectivity index is 1.34. The Bertz CT molecular complexity index is 1670. The number of hydrazone groups is 1. The third-order valence-corrected chi connectivity index (χ3v) is 6.20. The molecule has 5 rings (SSSR count). The average Bonchev–Trinajstić information content (AvgIpc) is 2.97. The minimum Gasteiger partial charge on any atom is -0.489 e. The van der Waals surface area contributed by atoms with E-state index in [1.54, 1.807) is 36.6 Å². The van der Waals surface area contributed by atoms with Crippen molar-refractivity contribution in [3.63, 3.8) is 0 Å². The molecule has 4 aromatic carbocycles. The number of halogens is 1. The highest BCUT2D eigenvalue weighted by molar-refractivity contribution is 6.07. The fraction of sp³-hybridized carbons (Fsp3) is 0.0606. The minimum atomic E-state index is -0.335. The summed E-state index contributed by atoms with van der Waals surface area (Å²) in [6.07, 6.45) is 3.91. The number of ether oxygens (including phenoxy) is 1. The van der Waals surface area contributed by atoms with Gasteiger partial charge in [-0.2, -0.15) is 5.10 Å². The van der Waals surface area contributed by atoms with Gasteiger partial charge in [0, 0.05) is 16.5 Å². The Morgan fingerprint density at radius 2 is 1.69 bits per heavy atom. The first-order valence-electron chi connectivity index (χ1n) is 12.5. The van der Waals surface area contributed by atoms with Gasteiger partial charge in [-0.3, -0.25) is 4.79 Å². The van der Waals surface area contributed by atoms with Crippen LogP contribution in [0.25, 0.3) is 22.2 Å². The number of hydrogen-bond donors (Lipinski definition) is 1. The Labute approximate surface area is 226 Å². The SMILES string of the molecule is C=CCc1cc(/C=N/NC(=O)c2cc(-c3ccccc3)nc3ccccc23)ccc1OCc1ccccc1F. The highest BCUT2D eigenvalue weighted by Crippen LogP contribution is 2.25. The predicted octanol–water partition coefficient (Wildman–Crippen LogP) is 7.11. The van der Waals surface area contributed by atoms with E-state index >= 15 is 0 Å². The quantitative estimate of drug-likeness (QED) is 0.129. The molecule has 0 saturated heterocycles. The standard InChI is InChI=1S/C33H26FN3O2/c1-2-10-25-19-23(17-18-32(25)39-22-26-13-6-8-15-29(26)34)21-35-37-33(38)28-20-31(24-11-4-3-5-12-24)36-30-16-9-7-14-27(28)30/h2-9,11-21H,1,10,22H2,(H,37,38)/b35-21+. The van der Waals surface area contributed by atoms with E-state index in [0.717, 1.165) is 27.6 Å². The maximum absolute atomic E-state index is 14.0. The molecule has 1 aromatic heterocycles. The zero-order chi connectivity index (χ0) is 27.0. The Morgan fingerprint density at radius 1 is 0.923 bits per heavy atom. The molecule has 0 aliphatic carbocycles. The molecule has 0 atom stereocenters. The molecule has 5 nitrogen and oxygen atoms in total. The van der Waals surface area contributed by atoms with Gasteiger partial charge in [-0.15, -0.1) is 6.58 Å². The van der Waals surface area contributed by atoms with Gasteiger partial charge in [0.1, 0.15) is 18.2 Å². The number of nitrogens with one attached hydrogen (secondary N) is 1. The third-order valence-electron chi connectivity index (χ3n) is 6.20. The van der Waals surface area contributed by atoms with E-state index in [-0.39, 0.29) is 18.3 Å². The van der Waals surface area contributed by atoms with Crippen molar-refractivity contribution in [2.45, 2.75) is 13.0 Å². The van der Waals surface area contributed by atoms with Gasteiger partial charge in [0.15, 0.2) is 0 Å². The van der Waals surface area contributed by atoms with E-state index < -0.39 is 0 Å². The molecule has 0 aliphatic heterocycles. The summed E-state index contributed by atoms with van der Waals surface area (Å²) in [4.78, 5) is 17.9. The summed E-state index contributed by atoms with van der Waals surface area (Å²) >= 11 is 0. The number of amides is 1. The molecule has 1 N–H and O–H groups in total. The smallest absolute Gasteiger partial charge is 0.272 e. The number of allylic oxidation sites excluding steroid dienone is 1. The lowest BCUT2D eigenvalue weighted by Crippen LogP contribution is -2.18. The van der Waals surface area contributed by atoms with Crippen LogP contribution in [0.1, 0.15) is 27.0 Å². The maximum atomic E-state index is 14.0. The van der Waals surface area contributed by atoms with E-state index in [4.69, 9.17) is 9.72 Å². The Hall–Kier alpha value is -5.10. The van der Waals surface area contributed by atoms with Crippen LogP contribution in [0.3, 0.4) is 0 Å². The van der Waals surface area contributed by atoms with E-state index in [1.165, 1.54) is 6.07 Å². The highest BCUT2D eigenvalue weighted by Gasteiger charge is 2.13. The molecule has 6 heteroatoms. The molecule has 0 unspecified atom stereocenters. The lowest BCUT2D eigenvalue weighted by atomic mass is 10.0. The molecule has 5 aromatic rings. The van der Waals surface area contributed by atoms with Crippen LogP contribution in [-0.4, -0.2) is 17.1 Å². The molecule has 192 valence electrons. The molecule has 0 bridgehead atoms. The van der Waals surface area contributed by atoms with E-state index in [0.29, 0.717) is 29.0 Å². The number of carbonyl (C=O) groups excluding carboxylic acids is 1. The summed E-state index contributed by atoms with van der Waals surface area (Å²) < 4.78 is 19.9. The van der Waals surface area contributed by atoms with Crippen LogP contribution in [0.15, 0.2) is 121 Å². The number of rotatable bonds is 9. The molecule has 0 spiro atoms. The number of benzene rings is 4. The van der Waals surface area contributed by atoms with Gasteiger partial charge in [-0.25, -0.2) is 14.8 Å². The molecule has 1 heterocycles. The van der Waals surface area contributed by atoms with Crippen LogP contribution in [0.2, 0.25) is 0 Å². The molecule has 0 radical (unpaired) electrons. The summed E-state index contributed by atoms with van der Waals surface area (Å²) in [6.45, 7) is 3.94. The van der Waals surface area contributed by atoms with Crippen molar-refractivity contribution in [1.29, 1.82) is 0 Å². The number of aromatic nitrogens is 1. The van der Waals surface area contributed by atoms with Crippen LogP contribution >= 0.6 is 0 Å². The van der Waals surface area contributed by atoms with Crippen LogP contribution in [0, 0.1) is 5.82 Å². The minimum absolute atomic E-state index is 0.116. The number of fused-ring (bicyclic) bond motifs is 1. The molecule has 0 saturated carbocycles. The number of nitrogens with zero attached hydrogens (tertiary/aromatic N) is 2. The summed E-state index contributed by atoms with van der Waals surface area (Å²) in [5.41, 5.74) is 7.63. The summed E-state index contributed by atoms with van der Waals surface area (Å²) in [5, 5.41) is 4.95. The first kappa shape index (κ1) is 25.5. The molecular formula is C33H26FN3O2. The summed E-state index contributed by atoms with van der Waals surface area (Å²) in [5.74, 6) is -0.00523. The predicted molar refractivity (Wildman–Crippen MR) is 153 cm³/mol. The molecule has 0 aliphatic rings. The first-order valence-corrected chi connectivity index (χ1v) is 12.5. The number of pyridine rings is 1. The van der Waals surface area contributed by atoms with Crippen molar-refractivity contribution in [1.82, 2.24) is 10.4 Å². The van der Waals surface area contributed by atoms with E-state index in [1.807, 2.05) is 72.8 Å². The van der Waals surface area contributed by atoms with Crippen LogP contribution in [-0.2, 0) is 13.0 Å². The van der Waals surface area contributed by atoms with E-state index in [9.17, 15) is 9.18 Å². The van der Waals surface area contributed by atoms with Crippen molar-refractivity contribution in [3.05, 3.63) is 144 Å². The van der Waals surface area contributed by atoms with Crippen molar-refractivity contribution in [3.8, 4) is 17.0 Å². The fourth-order valence-corrected chi connectivity index (χ4v) is 4.25.